The van der Waals surface area contributed by atoms with Crippen molar-refractivity contribution in [2.75, 3.05) is 39.3 Å². The maximum absolute atomic E-state index is 13.0. The standard InChI is InChI=1S/C22H33N3O3S/c26-22(25-12-6-10-20-9-4-5-11-21(20)25)17-23-13-15-24(16-14-23)29(27,28)18-19-7-2-1-3-8-19/h1-3,7-8,20-21H,4-6,9-18H2/t20-,21+/m0/s1. The van der Waals surface area contributed by atoms with Crippen LogP contribution in [-0.4, -0.2) is 73.7 Å². The molecule has 2 atom stereocenters. The highest BCUT2D eigenvalue weighted by Crippen LogP contribution is 2.35. The first kappa shape index (κ1) is 20.8. The Morgan fingerprint density at radius 2 is 1.59 bits per heavy atom. The first-order chi connectivity index (χ1) is 14.0. The molecule has 1 amide bonds. The number of carbonyl (C=O) groups excluding carboxylic acids is 1. The van der Waals surface area contributed by atoms with Gasteiger partial charge in [0.25, 0.3) is 0 Å². The molecule has 1 aromatic rings. The van der Waals surface area contributed by atoms with Crippen LogP contribution in [0.25, 0.3) is 0 Å². The van der Waals surface area contributed by atoms with Gasteiger partial charge in [0.15, 0.2) is 0 Å². The number of amides is 1. The Kier molecular flexibility index (Phi) is 6.56. The van der Waals surface area contributed by atoms with E-state index < -0.39 is 10.0 Å². The summed E-state index contributed by atoms with van der Waals surface area (Å²) < 4.78 is 27.0. The van der Waals surface area contributed by atoms with Crippen molar-refractivity contribution < 1.29 is 13.2 Å². The zero-order valence-electron chi connectivity index (χ0n) is 17.2. The van der Waals surface area contributed by atoms with Crippen LogP contribution in [0.4, 0.5) is 0 Å². The van der Waals surface area contributed by atoms with Crippen molar-refractivity contribution in [3.8, 4) is 0 Å². The third-order valence-electron chi connectivity index (χ3n) is 6.84. The van der Waals surface area contributed by atoms with E-state index >= 15 is 0 Å². The second-order valence-corrected chi connectivity index (χ2v) is 10.7. The van der Waals surface area contributed by atoms with Crippen molar-refractivity contribution in [3.05, 3.63) is 35.9 Å². The van der Waals surface area contributed by atoms with Gasteiger partial charge in [-0.1, -0.05) is 43.2 Å². The van der Waals surface area contributed by atoms with E-state index in [1.807, 2.05) is 30.3 Å². The molecular weight excluding hydrogens is 386 g/mol. The molecule has 2 saturated heterocycles. The monoisotopic (exact) mass is 419 g/mol. The first-order valence-corrected chi connectivity index (χ1v) is 12.7. The predicted octanol–water partition coefficient (Wildman–Crippen LogP) is 2.32. The molecule has 1 aliphatic carbocycles. The molecule has 0 unspecified atom stereocenters. The van der Waals surface area contributed by atoms with Gasteiger partial charge in [0.1, 0.15) is 0 Å². The number of benzene rings is 1. The number of sulfonamides is 1. The first-order valence-electron chi connectivity index (χ1n) is 11.1. The van der Waals surface area contributed by atoms with Crippen molar-refractivity contribution in [1.29, 1.82) is 0 Å². The van der Waals surface area contributed by atoms with Crippen LogP contribution >= 0.6 is 0 Å². The van der Waals surface area contributed by atoms with Gasteiger partial charge in [-0.25, -0.2) is 8.42 Å². The van der Waals surface area contributed by atoms with Gasteiger partial charge < -0.3 is 4.90 Å². The average molecular weight is 420 g/mol. The van der Waals surface area contributed by atoms with Gasteiger partial charge in [0, 0.05) is 38.8 Å². The van der Waals surface area contributed by atoms with Gasteiger partial charge in [-0.05, 0) is 37.2 Å². The average Bonchev–Trinajstić information content (AvgIpc) is 2.74. The minimum atomic E-state index is -3.31. The highest BCUT2D eigenvalue weighted by Gasteiger charge is 2.36. The lowest BCUT2D eigenvalue weighted by Gasteiger charge is -2.45. The summed E-state index contributed by atoms with van der Waals surface area (Å²) in [4.78, 5) is 17.3. The van der Waals surface area contributed by atoms with Crippen LogP contribution in [0.15, 0.2) is 30.3 Å². The third-order valence-corrected chi connectivity index (χ3v) is 8.69. The normalized spacial score (nSPS) is 26.8. The Morgan fingerprint density at radius 1 is 0.897 bits per heavy atom. The molecule has 160 valence electrons. The number of hydrogen-bond acceptors (Lipinski definition) is 4. The number of likely N-dealkylation sites (tertiary alicyclic amines) is 1. The smallest absolute Gasteiger partial charge is 0.237 e. The second kappa shape index (κ2) is 9.14. The molecule has 0 radical (unpaired) electrons. The largest absolute Gasteiger partial charge is 0.338 e. The Balaban J connectivity index is 1.29. The fraction of sp³-hybridized carbons (Fsp3) is 0.682. The fourth-order valence-corrected chi connectivity index (χ4v) is 6.77. The Hall–Kier alpha value is -1.44. The zero-order chi connectivity index (χ0) is 20.3. The lowest BCUT2D eigenvalue weighted by atomic mass is 9.78. The Labute approximate surface area is 174 Å². The van der Waals surface area contributed by atoms with Gasteiger partial charge >= 0.3 is 0 Å². The molecule has 0 aromatic heterocycles. The van der Waals surface area contributed by atoms with E-state index in [1.165, 1.54) is 25.7 Å². The maximum Gasteiger partial charge on any atom is 0.237 e. The van der Waals surface area contributed by atoms with E-state index in [0.29, 0.717) is 44.7 Å². The minimum absolute atomic E-state index is 0.0453. The van der Waals surface area contributed by atoms with Gasteiger partial charge in [0.05, 0.1) is 12.3 Å². The molecule has 4 rings (SSSR count). The summed E-state index contributed by atoms with van der Waals surface area (Å²) in [6.07, 6.45) is 7.37. The highest BCUT2D eigenvalue weighted by atomic mass is 32.2. The van der Waals surface area contributed by atoms with Crippen LogP contribution in [0, 0.1) is 5.92 Å². The van der Waals surface area contributed by atoms with Crippen molar-refractivity contribution in [3.63, 3.8) is 0 Å². The van der Waals surface area contributed by atoms with Gasteiger partial charge in [-0.3, -0.25) is 9.69 Å². The molecule has 1 aromatic carbocycles. The van der Waals surface area contributed by atoms with E-state index in [4.69, 9.17) is 0 Å². The Morgan fingerprint density at radius 3 is 2.34 bits per heavy atom. The number of rotatable bonds is 5. The molecule has 29 heavy (non-hydrogen) atoms. The van der Waals surface area contributed by atoms with Crippen LogP contribution in [0.3, 0.4) is 0 Å². The summed E-state index contributed by atoms with van der Waals surface area (Å²) in [5.41, 5.74) is 0.817. The minimum Gasteiger partial charge on any atom is -0.338 e. The van der Waals surface area contributed by atoms with E-state index in [-0.39, 0.29) is 11.7 Å². The van der Waals surface area contributed by atoms with E-state index in [9.17, 15) is 13.2 Å². The molecule has 7 heteroatoms. The van der Waals surface area contributed by atoms with Crippen LogP contribution in [0.2, 0.25) is 0 Å². The molecule has 3 fully saturated rings. The van der Waals surface area contributed by atoms with E-state index in [1.54, 1.807) is 4.31 Å². The summed E-state index contributed by atoms with van der Waals surface area (Å²) in [7, 11) is -3.31. The van der Waals surface area contributed by atoms with Crippen molar-refractivity contribution >= 4 is 15.9 Å². The number of carbonyl (C=O) groups is 1. The lowest BCUT2D eigenvalue weighted by Crippen LogP contribution is -2.55. The molecule has 0 N–H and O–H groups in total. The molecule has 0 bridgehead atoms. The predicted molar refractivity (Wildman–Crippen MR) is 114 cm³/mol. The Bertz CT molecular complexity index is 789. The summed E-state index contributed by atoms with van der Waals surface area (Å²) in [5, 5.41) is 0. The second-order valence-electron chi connectivity index (χ2n) is 8.76. The van der Waals surface area contributed by atoms with Crippen LogP contribution < -0.4 is 0 Å². The lowest BCUT2D eigenvalue weighted by molar-refractivity contribution is -0.139. The van der Waals surface area contributed by atoms with E-state index in [0.717, 1.165) is 24.9 Å². The highest BCUT2D eigenvalue weighted by molar-refractivity contribution is 7.88. The van der Waals surface area contributed by atoms with E-state index in [2.05, 4.69) is 9.80 Å². The molecule has 6 nitrogen and oxygen atoms in total. The van der Waals surface area contributed by atoms with Crippen molar-refractivity contribution in [1.82, 2.24) is 14.1 Å². The number of nitrogens with zero attached hydrogens (tertiary/aromatic N) is 3. The molecule has 1 saturated carbocycles. The number of fused-ring (bicyclic) bond motifs is 1. The van der Waals surface area contributed by atoms with Crippen LogP contribution in [0.5, 0.6) is 0 Å². The quantitative estimate of drug-likeness (QED) is 0.735. The topological polar surface area (TPSA) is 60.9 Å². The SMILES string of the molecule is O=C(CN1CCN(S(=O)(=O)Cc2ccccc2)CC1)N1CCC[C@@H]2CCCC[C@H]21. The maximum atomic E-state index is 13.0. The van der Waals surface area contributed by atoms with Crippen LogP contribution in [-0.2, 0) is 20.6 Å². The molecule has 0 spiro atoms. The molecular formula is C22H33N3O3S. The van der Waals surface area contributed by atoms with Crippen molar-refractivity contribution in [2.45, 2.75) is 50.3 Å². The summed E-state index contributed by atoms with van der Waals surface area (Å²) >= 11 is 0. The van der Waals surface area contributed by atoms with Gasteiger partial charge in [-0.2, -0.15) is 4.31 Å². The molecule has 3 aliphatic rings. The van der Waals surface area contributed by atoms with Gasteiger partial charge in [0.2, 0.25) is 15.9 Å². The summed E-state index contributed by atoms with van der Waals surface area (Å²) in [5.74, 6) is 0.979. The summed E-state index contributed by atoms with van der Waals surface area (Å²) in [6, 6.07) is 9.77. The zero-order valence-corrected chi connectivity index (χ0v) is 18.0. The fourth-order valence-electron chi connectivity index (χ4n) is 5.26. The summed E-state index contributed by atoms with van der Waals surface area (Å²) in [6.45, 7) is 3.51. The van der Waals surface area contributed by atoms with Crippen molar-refractivity contribution in [2.24, 2.45) is 5.92 Å². The number of hydrogen-bond donors (Lipinski definition) is 0. The molecule has 2 aliphatic heterocycles. The number of piperidine rings is 1. The molecule has 2 heterocycles. The van der Waals surface area contributed by atoms with Gasteiger partial charge in [-0.15, -0.1) is 0 Å². The van der Waals surface area contributed by atoms with Crippen LogP contribution in [0.1, 0.15) is 44.1 Å². The third kappa shape index (κ3) is 5.01. The number of piperazine rings is 1.